The van der Waals surface area contributed by atoms with Gasteiger partial charge in [0.2, 0.25) is 0 Å². The van der Waals surface area contributed by atoms with Gasteiger partial charge in [0.15, 0.2) is 0 Å². The standard InChI is InChI=1S/C16H28N2S/c1-4-9-17-15(10-16-18-13(3)11-19-16)14-7-5-12(2)6-8-14/h11-12,14-15,17H,4-10H2,1-3H3. The third-order valence-corrected chi connectivity index (χ3v) is 5.34. The quantitative estimate of drug-likeness (QED) is 0.845. The molecular formula is C16H28N2S. The largest absolute Gasteiger partial charge is 0.313 e. The van der Waals surface area contributed by atoms with Crippen LogP contribution in [-0.2, 0) is 6.42 Å². The topological polar surface area (TPSA) is 24.9 Å². The van der Waals surface area contributed by atoms with Crippen molar-refractivity contribution in [2.24, 2.45) is 11.8 Å². The van der Waals surface area contributed by atoms with Gasteiger partial charge in [-0.15, -0.1) is 11.3 Å². The van der Waals surface area contributed by atoms with Gasteiger partial charge in [-0.1, -0.05) is 26.7 Å². The summed E-state index contributed by atoms with van der Waals surface area (Å²) in [5.41, 5.74) is 1.17. The number of nitrogens with zero attached hydrogens (tertiary/aromatic N) is 1. The first-order valence-corrected chi connectivity index (χ1v) is 8.71. The maximum Gasteiger partial charge on any atom is 0.0943 e. The van der Waals surface area contributed by atoms with Gasteiger partial charge in [0.1, 0.15) is 0 Å². The molecule has 0 aromatic carbocycles. The molecule has 0 amide bonds. The van der Waals surface area contributed by atoms with Crippen LogP contribution >= 0.6 is 11.3 Å². The van der Waals surface area contributed by atoms with Gasteiger partial charge in [-0.3, -0.25) is 0 Å². The average molecular weight is 280 g/mol. The monoisotopic (exact) mass is 280 g/mol. The summed E-state index contributed by atoms with van der Waals surface area (Å²) in [6, 6.07) is 0.637. The van der Waals surface area contributed by atoms with E-state index >= 15 is 0 Å². The Morgan fingerprint density at radius 3 is 2.68 bits per heavy atom. The van der Waals surface area contributed by atoms with Gasteiger partial charge in [0.25, 0.3) is 0 Å². The molecule has 2 rings (SSSR count). The summed E-state index contributed by atoms with van der Waals surface area (Å²) in [5.74, 6) is 1.79. The fourth-order valence-corrected chi connectivity index (χ4v) is 3.94. The van der Waals surface area contributed by atoms with Crippen molar-refractivity contribution >= 4 is 11.3 Å². The lowest BCUT2D eigenvalue weighted by Crippen LogP contribution is -2.40. The second-order valence-electron chi connectivity index (χ2n) is 6.17. The Morgan fingerprint density at radius 2 is 2.11 bits per heavy atom. The van der Waals surface area contributed by atoms with Crippen LogP contribution in [0.1, 0.15) is 56.7 Å². The molecule has 2 nitrogen and oxygen atoms in total. The summed E-state index contributed by atoms with van der Waals surface area (Å²) in [7, 11) is 0. The van der Waals surface area contributed by atoms with Gasteiger partial charge in [-0.05, 0) is 44.6 Å². The van der Waals surface area contributed by atoms with Gasteiger partial charge < -0.3 is 5.32 Å². The van der Waals surface area contributed by atoms with E-state index < -0.39 is 0 Å². The number of hydrogen-bond donors (Lipinski definition) is 1. The smallest absolute Gasteiger partial charge is 0.0943 e. The highest BCUT2D eigenvalue weighted by molar-refractivity contribution is 7.09. The molecule has 1 aliphatic rings. The van der Waals surface area contributed by atoms with Gasteiger partial charge in [0, 0.05) is 23.5 Å². The molecule has 1 saturated carbocycles. The van der Waals surface area contributed by atoms with Crippen molar-refractivity contribution in [1.29, 1.82) is 0 Å². The molecule has 19 heavy (non-hydrogen) atoms. The van der Waals surface area contributed by atoms with E-state index in [0.717, 1.165) is 24.8 Å². The lowest BCUT2D eigenvalue weighted by molar-refractivity contribution is 0.228. The van der Waals surface area contributed by atoms with E-state index in [0.29, 0.717) is 6.04 Å². The minimum atomic E-state index is 0.637. The molecule has 0 aliphatic heterocycles. The van der Waals surface area contributed by atoms with Crippen LogP contribution in [0.5, 0.6) is 0 Å². The van der Waals surface area contributed by atoms with Crippen molar-refractivity contribution in [3.63, 3.8) is 0 Å². The third kappa shape index (κ3) is 4.57. The Labute approximate surface area is 122 Å². The SMILES string of the molecule is CCCNC(Cc1nc(C)cs1)C1CCC(C)CC1. The Bertz CT molecular complexity index is 367. The number of aryl methyl sites for hydroxylation is 1. The zero-order chi connectivity index (χ0) is 13.7. The van der Waals surface area contributed by atoms with Crippen LogP contribution in [0, 0.1) is 18.8 Å². The molecule has 108 valence electrons. The van der Waals surface area contributed by atoms with Crippen molar-refractivity contribution in [3.8, 4) is 0 Å². The van der Waals surface area contributed by atoms with E-state index in [2.05, 4.69) is 36.5 Å². The molecule has 1 N–H and O–H groups in total. The van der Waals surface area contributed by atoms with E-state index in [1.165, 1.54) is 42.8 Å². The van der Waals surface area contributed by atoms with Crippen LogP contribution in [0.15, 0.2) is 5.38 Å². The number of hydrogen-bond acceptors (Lipinski definition) is 3. The van der Waals surface area contributed by atoms with E-state index in [1.54, 1.807) is 0 Å². The highest BCUT2D eigenvalue weighted by Crippen LogP contribution is 2.31. The number of nitrogens with one attached hydrogen (secondary N) is 1. The van der Waals surface area contributed by atoms with Gasteiger partial charge >= 0.3 is 0 Å². The summed E-state index contributed by atoms with van der Waals surface area (Å²) < 4.78 is 0. The summed E-state index contributed by atoms with van der Waals surface area (Å²) in [6.45, 7) is 7.88. The fraction of sp³-hybridized carbons (Fsp3) is 0.812. The Balaban J connectivity index is 1.94. The van der Waals surface area contributed by atoms with Crippen LogP contribution in [0.3, 0.4) is 0 Å². The van der Waals surface area contributed by atoms with Crippen molar-refractivity contribution < 1.29 is 0 Å². The zero-order valence-electron chi connectivity index (χ0n) is 12.6. The molecule has 0 saturated heterocycles. The third-order valence-electron chi connectivity index (χ3n) is 4.35. The molecule has 0 spiro atoms. The minimum Gasteiger partial charge on any atom is -0.313 e. The number of rotatable bonds is 6. The molecule has 0 bridgehead atoms. The Kier molecular flexibility index (Phi) is 5.83. The van der Waals surface area contributed by atoms with Gasteiger partial charge in [-0.25, -0.2) is 4.98 Å². The number of thiazole rings is 1. The summed E-state index contributed by atoms with van der Waals surface area (Å²) >= 11 is 1.82. The van der Waals surface area contributed by atoms with E-state index in [-0.39, 0.29) is 0 Å². The van der Waals surface area contributed by atoms with Crippen molar-refractivity contribution in [2.75, 3.05) is 6.54 Å². The summed E-state index contributed by atoms with van der Waals surface area (Å²) in [6.07, 6.45) is 7.95. The molecule has 0 radical (unpaired) electrons. The van der Waals surface area contributed by atoms with E-state index in [4.69, 9.17) is 0 Å². The molecular weight excluding hydrogens is 252 g/mol. The zero-order valence-corrected chi connectivity index (χ0v) is 13.4. The summed E-state index contributed by atoms with van der Waals surface area (Å²) in [5, 5.41) is 7.26. The van der Waals surface area contributed by atoms with E-state index in [1.807, 2.05) is 11.3 Å². The van der Waals surface area contributed by atoms with Crippen LogP contribution in [0.4, 0.5) is 0 Å². The fourth-order valence-electron chi connectivity index (χ4n) is 3.11. The second kappa shape index (κ2) is 7.39. The number of aromatic nitrogens is 1. The molecule has 1 fully saturated rings. The highest BCUT2D eigenvalue weighted by atomic mass is 32.1. The van der Waals surface area contributed by atoms with Crippen LogP contribution in [0.2, 0.25) is 0 Å². The molecule has 1 aromatic rings. The molecule has 1 aliphatic carbocycles. The van der Waals surface area contributed by atoms with Crippen LogP contribution < -0.4 is 5.32 Å². The normalized spacial score (nSPS) is 25.4. The molecule has 3 heteroatoms. The average Bonchev–Trinajstić information content (AvgIpc) is 2.81. The predicted octanol–water partition coefficient (Wildman–Crippen LogP) is 4.19. The van der Waals surface area contributed by atoms with Crippen molar-refractivity contribution in [2.45, 2.75) is 65.3 Å². The first-order valence-electron chi connectivity index (χ1n) is 7.83. The maximum atomic E-state index is 4.65. The summed E-state index contributed by atoms with van der Waals surface area (Å²) in [4.78, 5) is 4.65. The Hall–Kier alpha value is -0.410. The van der Waals surface area contributed by atoms with E-state index in [9.17, 15) is 0 Å². The van der Waals surface area contributed by atoms with Crippen molar-refractivity contribution in [1.82, 2.24) is 10.3 Å². The lowest BCUT2D eigenvalue weighted by atomic mass is 9.78. The van der Waals surface area contributed by atoms with Gasteiger partial charge in [-0.2, -0.15) is 0 Å². The molecule has 1 aromatic heterocycles. The first-order chi connectivity index (χ1) is 9.19. The van der Waals surface area contributed by atoms with Gasteiger partial charge in [0.05, 0.1) is 5.01 Å². The lowest BCUT2D eigenvalue weighted by Gasteiger charge is -2.33. The van der Waals surface area contributed by atoms with Crippen LogP contribution in [-0.4, -0.2) is 17.6 Å². The first kappa shape index (κ1) is 15.0. The van der Waals surface area contributed by atoms with Crippen molar-refractivity contribution in [3.05, 3.63) is 16.1 Å². The molecule has 1 atom stereocenters. The maximum absolute atomic E-state index is 4.65. The highest BCUT2D eigenvalue weighted by Gasteiger charge is 2.26. The minimum absolute atomic E-state index is 0.637. The molecule has 1 heterocycles. The molecule has 1 unspecified atom stereocenters. The van der Waals surface area contributed by atoms with Crippen LogP contribution in [0.25, 0.3) is 0 Å². The predicted molar refractivity (Wildman–Crippen MR) is 83.8 cm³/mol. The Morgan fingerprint density at radius 1 is 1.37 bits per heavy atom. The second-order valence-corrected chi connectivity index (χ2v) is 7.11.